The van der Waals surface area contributed by atoms with Crippen LogP contribution >= 0.6 is 0 Å². The molecule has 2 atom stereocenters. The van der Waals surface area contributed by atoms with E-state index in [0.717, 1.165) is 5.57 Å². The molecule has 0 bridgehead atoms. The molecule has 2 aliphatic heterocycles. The first-order valence-corrected chi connectivity index (χ1v) is 6.88. The van der Waals surface area contributed by atoms with Crippen molar-refractivity contribution in [2.75, 3.05) is 0 Å². The van der Waals surface area contributed by atoms with Crippen LogP contribution in [0.2, 0.25) is 0 Å². The van der Waals surface area contributed by atoms with Gasteiger partial charge in [-0.3, -0.25) is 14.8 Å². The minimum Gasteiger partial charge on any atom is -0.397 e. The van der Waals surface area contributed by atoms with Gasteiger partial charge in [0.25, 0.3) is 0 Å². The van der Waals surface area contributed by atoms with Crippen molar-refractivity contribution in [1.29, 1.82) is 0 Å². The quantitative estimate of drug-likeness (QED) is 0.712. The number of amides is 1. The first-order valence-electron chi connectivity index (χ1n) is 6.88. The van der Waals surface area contributed by atoms with Gasteiger partial charge in [0.15, 0.2) is 0 Å². The molecule has 3 N–H and O–H groups in total. The molecule has 0 aromatic heterocycles. The van der Waals surface area contributed by atoms with E-state index in [-0.39, 0.29) is 12.1 Å². The number of nitrogens with one attached hydrogen (secondary N) is 1. The van der Waals surface area contributed by atoms with Gasteiger partial charge >= 0.3 is 0 Å². The summed E-state index contributed by atoms with van der Waals surface area (Å²) >= 11 is 0. The number of allylic oxidation sites excluding steroid dienone is 4. The third-order valence-electron chi connectivity index (χ3n) is 3.63. The Morgan fingerprint density at radius 2 is 2.24 bits per heavy atom. The SMILES string of the molecule is C=C1/C=C\C=N/C(C)NC(=O)C12CC=N/C=C(N)\C=C\C2. The van der Waals surface area contributed by atoms with Crippen molar-refractivity contribution < 1.29 is 4.79 Å². The number of nitrogens with zero attached hydrogens (tertiary/aromatic N) is 2. The van der Waals surface area contributed by atoms with E-state index in [1.54, 1.807) is 30.8 Å². The van der Waals surface area contributed by atoms with Crippen LogP contribution in [0.15, 0.2) is 58.3 Å². The van der Waals surface area contributed by atoms with Gasteiger partial charge in [0, 0.05) is 30.7 Å². The van der Waals surface area contributed by atoms with E-state index in [4.69, 9.17) is 5.73 Å². The lowest BCUT2D eigenvalue weighted by atomic mass is 9.74. The molecule has 0 saturated heterocycles. The average molecular weight is 284 g/mol. The van der Waals surface area contributed by atoms with E-state index in [1.165, 1.54) is 0 Å². The molecule has 0 radical (unpaired) electrons. The van der Waals surface area contributed by atoms with Gasteiger partial charge < -0.3 is 11.1 Å². The molecular formula is C16H20N4O. The lowest BCUT2D eigenvalue weighted by Crippen LogP contribution is -2.45. The Kier molecular flexibility index (Phi) is 4.52. The van der Waals surface area contributed by atoms with E-state index in [2.05, 4.69) is 21.9 Å². The van der Waals surface area contributed by atoms with Gasteiger partial charge in [-0.1, -0.05) is 18.7 Å². The van der Waals surface area contributed by atoms with Gasteiger partial charge in [-0.2, -0.15) is 0 Å². The van der Waals surface area contributed by atoms with E-state index in [9.17, 15) is 4.79 Å². The molecular weight excluding hydrogens is 264 g/mol. The highest BCUT2D eigenvalue weighted by Gasteiger charge is 2.39. The minimum absolute atomic E-state index is 0.0970. The van der Waals surface area contributed by atoms with Crippen molar-refractivity contribution in [2.24, 2.45) is 21.1 Å². The fourth-order valence-electron chi connectivity index (χ4n) is 2.33. The molecule has 1 spiro atoms. The Hall–Kier alpha value is -2.43. The summed E-state index contributed by atoms with van der Waals surface area (Å²) in [7, 11) is 0. The van der Waals surface area contributed by atoms with Crippen LogP contribution in [0, 0.1) is 5.41 Å². The summed E-state index contributed by atoms with van der Waals surface area (Å²) < 4.78 is 0. The Labute approximate surface area is 124 Å². The largest absolute Gasteiger partial charge is 0.397 e. The summed E-state index contributed by atoms with van der Waals surface area (Å²) in [5.74, 6) is -0.0970. The number of carbonyl (C=O) groups is 1. The van der Waals surface area contributed by atoms with Crippen molar-refractivity contribution in [3.8, 4) is 0 Å². The monoisotopic (exact) mass is 284 g/mol. The summed E-state index contributed by atoms with van der Waals surface area (Å²) in [5.41, 5.74) is 6.29. The van der Waals surface area contributed by atoms with Crippen molar-refractivity contribution >= 4 is 18.3 Å². The van der Waals surface area contributed by atoms with Crippen molar-refractivity contribution in [2.45, 2.75) is 25.9 Å². The maximum Gasteiger partial charge on any atom is 0.232 e. The van der Waals surface area contributed by atoms with Crippen LogP contribution in [0.1, 0.15) is 19.8 Å². The molecule has 0 saturated carbocycles. The number of nitrogens with two attached hydrogens (primary N) is 1. The Balaban J connectivity index is 2.42. The van der Waals surface area contributed by atoms with Gasteiger partial charge in [-0.15, -0.1) is 0 Å². The zero-order chi connectivity index (χ0) is 15.3. The molecule has 21 heavy (non-hydrogen) atoms. The number of hydrogen-bond donors (Lipinski definition) is 2. The van der Waals surface area contributed by atoms with Gasteiger partial charge in [-0.25, -0.2) is 0 Å². The number of carbonyl (C=O) groups excluding carboxylic acids is 1. The van der Waals surface area contributed by atoms with Crippen LogP contribution in [0.3, 0.4) is 0 Å². The summed E-state index contributed by atoms with van der Waals surface area (Å²) in [6, 6.07) is 0. The van der Waals surface area contributed by atoms with Crippen LogP contribution in [-0.4, -0.2) is 24.5 Å². The summed E-state index contributed by atoms with van der Waals surface area (Å²) in [5, 5.41) is 2.91. The topological polar surface area (TPSA) is 79.8 Å². The Morgan fingerprint density at radius 1 is 1.43 bits per heavy atom. The van der Waals surface area contributed by atoms with Crippen LogP contribution in [0.4, 0.5) is 0 Å². The Morgan fingerprint density at radius 3 is 3.05 bits per heavy atom. The van der Waals surface area contributed by atoms with Gasteiger partial charge in [0.2, 0.25) is 5.91 Å². The summed E-state index contributed by atoms with van der Waals surface area (Å²) in [4.78, 5) is 21.1. The predicted octanol–water partition coefficient (Wildman–Crippen LogP) is 1.85. The van der Waals surface area contributed by atoms with Crippen molar-refractivity contribution in [1.82, 2.24) is 5.32 Å². The van der Waals surface area contributed by atoms with E-state index >= 15 is 0 Å². The number of hydrogen-bond acceptors (Lipinski definition) is 4. The standard InChI is InChI=1S/C16H20N4O/c1-12-5-4-9-19-13(2)20-15(21)16(12)7-3-6-14(17)11-18-10-8-16/h3-6,9-11,13H,1,7-8,17H2,2H3,(H,20,21)/b5-4-,6-3+,14-11+,18-10?,19-9-. The lowest BCUT2D eigenvalue weighted by Gasteiger charge is -2.31. The normalized spacial score (nSPS) is 36.8. The molecule has 110 valence electrons. The maximum atomic E-state index is 12.8. The molecule has 2 heterocycles. The second-order valence-electron chi connectivity index (χ2n) is 5.19. The molecule has 0 fully saturated rings. The Bertz CT molecular complexity index is 583. The molecule has 0 aliphatic carbocycles. The third kappa shape index (κ3) is 3.37. The zero-order valence-electron chi connectivity index (χ0n) is 12.1. The van der Waals surface area contributed by atoms with E-state index in [1.807, 2.05) is 19.1 Å². The van der Waals surface area contributed by atoms with Gasteiger partial charge in [-0.05, 0) is 31.1 Å². The van der Waals surface area contributed by atoms with E-state index in [0.29, 0.717) is 18.5 Å². The van der Waals surface area contributed by atoms with Crippen LogP contribution < -0.4 is 11.1 Å². The molecule has 2 aliphatic rings. The predicted molar refractivity (Wildman–Crippen MR) is 85.9 cm³/mol. The molecule has 1 amide bonds. The molecule has 0 aromatic rings. The minimum atomic E-state index is -0.767. The summed E-state index contributed by atoms with van der Waals surface area (Å²) in [6.07, 6.45) is 12.9. The highest BCUT2D eigenvalue weighted by molar-refractivity contribution is 5.90. The molecule has 5 nitrogen and oxygen atoms in total. The lowest BCUT2D eigenvalue weighted by molar-refractivity contribution is -0.129. The first kappa shape index (κ1) is 15.0. The first-order chi connectivity index (χ1) is 10.0. The van der Waals surface area contributed by atoms with Gasteiger partial charge in [0.1, 0.15) is 6.17 Å². The van der Waals surface area contributed by atoms with Gasteiger partial charge in [0.05, 0.1) is 5.41 Å². The average Bonchev–Trinajstić information content (AvgIpc) is 2.56. The zero-order valence-corrected chi connectivity index (χ0v) is 12.1. The number of aliphatic imine (C=N–C) groups is 2. The van der Waals surface area contributed by atoms with E-state index < -0.39 is 5.41 Å². The third-order valence-corrected chi connectivity index (χ3v) is 3.63. The van der Waals surface area contributed by atoms with Crippen LogP contribution in [-0.2, 0) is 4.79 Å². The maximum absolute atomic E-state index is 12.8. The van der Waals surface area contributed by atoms with Crippen LogP contribution in [0.25, 0.3) is 0 Å². The molecule has 5 heteroatoms. The molecule has 0 aromatic carbocycles. The van der Waals surface area contributed by atoms with Crippen molar-refractivity contribution in [3.63, 3.8) is 0 Å². The van der Waals surface area contributed by atoms with Crippen LogP contribution in [0.5, 0.6) is 0 Å². The van der Waals surface area contributed by atoms with Crippen molar-refractivity contribution in [3.05, 3.63) is 48.4 Å². The molecule has 2 rings (SSSR count). The summed E-state index contributed by atoms with van der Waals surface area (Å²) in [6.45, 7) is 5.91. The highest BCUT2D eigenvalue weighted by atomic mass is 16.2. The fraction of sp³-hybridized carbons (Fsp3) is 0.312. The number of rotatable bonds is 0. The molecule has 2 unspecified atom stereocenters. The second-order valence-corrected chi connectivity index (χ2v) is 5.19. The second kappa shape index (κ2) is 6.35. The smallest absolute Gasteiger partial charge is 0.232 e. The highest BCUT2D eigenvalue weighted by Crippen LogP contribution is 2.36. The fourth-order valence-corrected chi connectivity index (χ4v) is 2.33.